The van der Waals surface area contributed by atoms with Crippen molar-refractivity contribution < 1.29 is 49.7 Å². The molecule has 0 unspecified atom stereocenters. The maximum atomic E-state index is 13.4. The molecule has 2 rings (SSSR count). The van der Waals surface area contributed by atoms with Crippen LogP contribution in [0.3, 0.4) is 0 Å². The van der Waals surface area contributed by atoms with Crippen LogP contribution in [0.4, 0.5) is 30.7 Å². The van der Waals surface area contributed by atoms with Crippen LogP contribution in [0.25, 0.3) is 0 Å². The van der Waals surface area contributed by atoms with Crippen molar-refractivity contribution in [3.05, 3.63) is 0 Å². The molecular formula is C11H12F7NO4. The fraction of sp³-hybridized carbons (Fsp3) is 0.909. The third kappa shape index (κ3) is 3.69. The highest BCUT2D eigenvalue weighted by molar-refractivity contribution is 5.84. The molecule has 2 saturated heterocycles. The van der Waals surface area contributed by atoms with Gasteiger partial charge in [-0.15, -0.1) is 13.2 Å². The molecule has 2 fully saturated rings. The number of hydrogen-bond donors (Lipinski definition) is 0. The molecule has 0 radical (unpaired) electrons. The maximum Gasteiger partial charge on any atom is 0.527 e. The molecule has 12 heteroatoms. The number of piperidine rings is 1. The van der Waals surface area contributed by atoms with Crippen LogP contribution >= 0.6 is 0 Å². The molecule has 0 aromatic rings. The minimum absolute atomic E-state index is 0.0550. The second-order valence-corrected chi connectivity index (χ2v) is 5.04. The standard InChI is InChI=1S/C11H12F7NO4/c12-9(13,10(14,15)23-11(16,17)18)7(20)19-3-1-8(2-4-19)21-5-6-22-8/h1-6H2. The summed E-state index contributed by atoms with van der Waals surface area (Å²) in [5.41, 5.74) is 0. The summed E-state index contributed by atoms with van der Waals surface area (Å²) >= 11 is 0. The number of carbonyl (C=O) groups is 1. The zero-order valence-corrected chi connectivity index (χ0v) is 11.5. The number of alkyl halides is 7. The molecule has 0 saturated carbocycles. The molecule has 0 aromatic carbocycles. The lowest BCUT2D eigenvalue weighted by Crippen LogP contribution is -2.59. The average Bonchev–Trinajstić information content (AvgIpc) is 2.84. The summed E-state index contributed by atoms with van der Waals surface area (Å²) in [6, 6.07) is 0. The van der Waals surface area contributed by atoms with E-state index in [4.69, 9.17) is 9.47 Å². The highest BCUT2D eigenvalue weighted by Gasteiger charge is 2.68. The van der Waals surface area contributed by atoms with Crippen molar-refractivity contribution in [1.82, 2.24) is 4.90 Å². The highest BCUT2D eigenvalue weighted by atomic mass is 19.4. The van der Waals surface area contributed by atoms with E-state index in [0.717, 1.165) is 0 Å². The summed E-state index contributed by atoms with van der Waals surface area (Å²) in [5.74, 6) is -9.17. The van der Waals surface area contributed by atoms with Crippen molar-refractivity contribution in [2.45, 2.75) is 37.0 Å². The van der Waals surface area contributed by atoms with Gasteiger partial charge in [-0.3, -0.25) is 4.79 Å². The van der Waals surface area contributed by atoms with Crippen molar-refractivity contribution in [2.24, 2.45) is 0 Å². The van der Waals surface area contributed by atoms with Gasteiger partial charge in [0.1, 0.15) is 0 Å². The molecule has 0 atom stereocenters. The Balaban J connectivity index is 2.04. The van der Waals surface area contributed by atoms with E-state index < -0.39 is 43.2 Å². The number of halogens is 7. The first-order chi connectivity index (χ1) is 10.4. The third-order valence-corrected chi connectivity index (χ3v) is 3.50. The van der Waals surface area contributed by atoms with Gasteiger partial charge < -0.3 is 14.4 Å². The van der Waals surface area contributed by atoms with Crippen LogP contribution in [0.2, 0.25) is 0 Å². The molecule has 0 bridgehead atoms. The van der Waals surface area contributed by atoms with E-state index in [2.05, 4.69) is 4.74 Å². The summed E-state index contributed by atoms with van der Waals surface area (Å²) < 4.78 is 101. The zero-order chi connectivity index (χ0) is 17.5. The van der Waals surface area contributed by atoms with Crippen molar-refractivity contribution >= 4 is 5.91 Å². The molecule has 2 aliphatic rings. The van der Waals surface area contributed by atoms with Gasteiger partial charge in [0.25, 0.3) is 0 Å². The second kappa shape index (κ2) is 5.74. The number of ether oxygens (including phenoxy) is 3. The summed E-state index contributed by atoms with van der Waals surface area (Å²) in [5, 5.41) is 0. The predicted octanol–water partition coefficient (Wildman–Crippen LogP) is 2.12. The molecule has 23 heavy (non-hydrogen) atoms. The van der Waals surface area contributed by atoms with Gasteiger partial charge in [0.15, 0.2) is 5.79 Å². The highest BCUT2D eigenvalue weighted by Crippen LogP contribution is 2.42. The largest absolute Gasteiger partial charge is 0.527 e. The minimum Gasteiger partial charge on any atom is -0.347 e. The topological polar surface area (TPSA) is 48.0 Å². The number of rotatable bonds is 3. The van der Waals surface area contributed by atoms with Gasteiger partial charge in [-0.05, 0) is 0 Å². The van der Waals surface area contributed by atoms with Gasteiger partial charge in [0.2, 0.25) is 0 Å². The van der Waals surface area contributed by atoms with E-state index in [-0.39, 0.29) is 26.1 Å². The first-order valence-corrected chi connectivity index (χ1v) is 6.48. The monoisotopic (exact) mass is 355 g/mol. The minimum atomic E-state index is -6.02. The quantitative estimate of drug-likeness (QED) is 0.728. The van der Waals surface area contributed by atoms with Gasteiger partial charge >= 0.3 is 24.3 Å². The molecule has 0 N–H and O–H groups in total. The Bertz CT molecular complexity index is 452. The normalized spacial score (nSPS) is 22.7. The van der Waals surface area contributed by atoms with Crippen molar-refractivity contribution in [1.29, 1.82) is 0 Å². The molecular weight excluding hydrogens is 343 g/mol. The lowest BCUT2D eigenvalue weighted by atomic mass is 10.0. The fourth-order valence-electron chi connectivity index (χ4n) is 2.37. The number of likely N-dealkylation sites (tertiary alicyclic amines) is 1. The Labute approximate surface area is 125 Å². The van der Waals surface area contributed by atoms with Gasteiger partial charge in [-0.25, -0.2) is 4.74 Å². The lowest BCUT2D eigenvalue weighted by molar-refractivity contribution is -0.458. The fourth-order valence-corrected chi connectivity index (χ4v) is 2.37. The molecule has 0 aromatic heterocycles. The summed E-state index contributed by atoms with van der Waals surface area (Å²) in [4.78, 5) is 11.9. The van der Waals surface area contributed by atoms with Crippen LogP contribution < -0.4 is 0 Å². The second-order valence-electron chi connectivity index (χ2n) is 5.04. The molecule has 1 amide bonds. The molecule has 2 heterocycles. The smallest absolute Gasteiger partial charge is 0.347 e. The Hall–Kier alpha value is -1.14. The van der Waals surface area contributed by atoms with Crippen LogP contribution in [0.5, 0.6) is 0 Å². The third-order valence-electron chi connectivity index (χ3n) is 3.50. The van der Waals surface area contributed by atoms with Gasteiger partial charge in [-0.1, -0.05) is 0 Å². The van der Waals surface area contributed by atoms with Crippen LogP contribution in [0, 0.1) is 0 Å². The molecule has 5 nitrogen and oxygen atoms in total. The SMILES string of the molecule is O=C(N1CCC2(CC1)OCCO2)C(F)(F)C(F)(F)OC(F)(F)F. The maximum absolute atomic E-state index is 13.4. The molecule has 134 valence electrons. The summed E-state index contributed by atoms with van der Waals surface area (Å²) in [7, 11) is 0. The van der Waals surface area contributed by atoms with Crippen molar-refractivity contribution in [2.75, 3.05) is 26.3 Å². The van der Waals surface area contributed by atoms with E-state index in [0.29, 0.717) is 4.90 Å². The number of carbonyl (C=O) groups excluding carboxylic acids is 1. The first-order valence-electron chi connectivity index (χ1n) is 6.48. The van der Waals surface area contributed by atoms with E-state index in [1.165, 1.54) is 0 Å². The van der Waals surface area contributed by atoms with Crippen LogP contribution in [0.1, 0.15) is 12.8 Å². The zero-order valence-electron chi connectivity index (χ0n) is 11.5. The molecule has 2 aliphatic heterocycles. The number of amides is 1. The van der Waals surface area contributed by atoms with Crippen molar-refractivity contribution in [3.8, 4) is 0 Å². The van der Waals surface area contributed by atoms with E-state index >= 15 is 0 Å². The van der Waals surface area contributed by atoms with Crippen LogP contribution in [-0.2, 0) is 19.0 Å². The van der Waals surface area contributed by atoms with Gasteiger partial charge in [0, 0.05) is 25.9 Å². The van der Waals surface area contributed by atoms with E-state index in [1.807, 2.05) is 0 Å². The Kier molecular flexibility index (Phi) is 4.54. The summed E-state index contributed by atoms with van der Waals surface area (Å²) in [6.07, 6.45) is -12.1. The van der Waals surface area contributed by atoms with Crippen molar-refractivity contribution in [3.63, 3.8) is 0 Å². The van der Waals surface area contributed by atoms with Crippen LogP contribution in [0.15, 0.2) is 0 Å². The Morgan fingerprint density at radius 3 is 1.87 bits per heavy atom. The number of hydrogen-bond acceptors (Lipinski definition) is 4. The van der Waals surface area contributed by atoms with Gasteiger partial charge in [-0.2, -0.15) is 17.6 Å². The van der Waals surface area contributed by atoms with Gasteiger partial charge in [0.05, 0.1) is 13.2 Å². The van der Waals surface area contributed by atoms with E-state index in [1.54, 1.807) is 0 Å². The number of nitrogens with zero attached hydrogens (tertiary/aromatic N) is 1. The first kappa shape index (κ1) is 18.2. The average molecular weight is 355 g/mol. The Morgan fingerprint density at radius 2 is 1.43 bits per heavy atom. The molecule has 0 aliphatic carbocycles. The lowest BCUT2D eigenvalue weighted by Gasteiger charge is -2.39. The predicted molar refractivity (Wildman–Crippen MR) is 57.5 cm³/mol. The Morgan fingerprint density at radius 1 is 0.957 bits per heavy atom. The van der Waals surface area contributed by atoms with Crippen LogP contribution in [-0.4, -0.2) is 61.3 Å². The summed E-state index contributed by atoms with van der Waals surface area (Å²) in [6.45, 7) is -0.309. The molecule has 1 spiro atoms. The van der Waals surface area contributed by atoms with E-state index in [9.17, 15) is 35.5 Å².